The van der Waals surface area contributed by atoms with Gasteiger partial charge in [0.1, 0.15) is 11.6 Å². The first-order valence-corrected chi connectivity index (χ1v) is 7.26. The number of amides is 1. The van der Waals surface area contributed by atoms with Gasteiger partial charge in [-0.2, -0.15) is 0 Å². The quantitative estimate of drug-likeness (QED) is 0.725. The molecule has 0 aromatic rings. The normalized spacial score (nSPS) is 20.9. The summed E-state index contributed by atoms with van der Waals surface area (Å²) in [7, 11) is 1.63. The third-order valence-corrected chi connectivity index (χ3v) is 3.23. The molecule has 0 bridgehead atoms. The summed E-state index contributed by atoms with van der Waals surface area (Å²) in [6.07, 6.45) is 1.96. The minimum Gasteiger partial charge on any atom is -0.458 e. The SMILES string of the molecule is COCC(C)CC(=O)N1CCC[C@@H]1C(=O)OC(C)(C)C. The van der Waals surface area contributed by atoms with Crippen molar-refractivity contribution in [2.75, 3.05) is 20.3 Å². The Morgan fingerprint density at radius 3 is 2.55 bits per heavy atom. The largest absolute Gasteiger partial charge is 0.458 e. The van der Waals surface area contributed by atoms with Crippen molar-refractivity contribution in [1.82, 2.24) is 4.90 Å². The van der Waals surface area contributed by atoms with Crippen LogP contribution in [0.4, 0.5) is 0 Å². The van der Waals surface area contributed by atoms with Crippen LogP contribution < -0.4 is 0 Å². The average Bonchev–Trinajstić information content (AvgIpc) is 2.75. The lowest BCUT2D eigenvalue weighted by atomic mass is 10.1. The summed E-state index contributed by atoms with van der Waals surface area (Å²) in [5.41, 5.74) is -0.516. The van der Waals surface area contributed by atoms with Gasteiger partial charge in [0.15, 0.2) is 0 Å². The van der Waals surface area contributed by atoms with E-state index in [2.05, 4.69) is 0 Å². The molecule has 0 N–H and O–H groups in total. The molecule has 0 aromatic heterocycles. The van der Waals surface area contributed by atoms with Gasteiger partial charge in [0.25, 0.3) is 0 Å². The first-order chi connectivity index (χ1) is 9.24. The molecule has 1 fully saturated rings. The molecule has 1 aliphatic heterocycles. The fourth-order valence-electron chi connectivity index (χ4n) is 2.44. The van der Waals surface area contributed by atoms with Crippen LogP contribution in [0.5, 0.6) is 0 Å². The van der Waals surface area contributed by atoms with Crippen molar-refractivity contribution in [3.63, 3.8) is 0 Å². The lowest BCUT2D eigenvalue weighted by Crippen LogP contribution is -2.44. The first kappa shape index (κ1) is 17.0. The van der Waals surface area contributed by atoms with Crippen LogP contribution in [0, 0.1) is 5.92 Å². The summed E-state index contributed by atoms with van der Waals surface area (Å²) in [6.45, 7) is 8.69. The van der Waals surface area contributed by atoms with Crippen LogP contribution >= 0.6 is 0 Å². The Kier molecular flexibility index (Phi) is 5.99. The number of rotatable bonds is 5. The molecule has 1 heterocycles. The van der Waals surface area contributed by atoms with E-state index in [0.717, 1.165) is 6.42 Å². The first-order valence-electron chi connectivity index (χ1n) is 7.26. The number of hydrogen-bond donors (Lipinski definition) is 0. The Labute approximate surface area is 121 Å². The summed E-state index contributed by atoms with van der Waals surface area (Å²) < 4.78 is 10.4. The third kappa shape index (κ3) is 5.12. The molecule has 0 saturated carbocycles. The zero-order valence-electron chi connectivity index (χ0n) is 13.3. The van der Waals surface area contributed by atoms with Gasteiger partial charge in [0.2, 0.25) is 5.91 Å². The molecular formula is C15H27NO4. The molecule has 1 amide bonds. The van der Waals surface area contributed by atoms with E-state index in [1.807, 2.05) is 27.7 Å². The Morgan fingerprint density at radius 1 is 1.35 bits per heavy atom. The zero-order chi connectivity index (χ0) is 15.3. The van der Waals surface area contributed by atoms with E-state index in [0.29, 0.717) is 26.0 Å². The maximum atomic E-state index is 12.3. The van der Waals surface area contributed by atoms with Crippen LogP contribution in [0.2, 0.25) is 0 Å². The number of nitrogens with zero attached hydrogens (tertiary/aromatic N) is 1. The fourth-order valence-corrected chi connectivity index (χ4v) is 2.44. The van der Waals surface area contributed by atoms with Gasteiger partial charge in [0.05, 0.1) is 0 Å². The number of esters is 1. The molecule has 2 atom stereocenters. The van der Waals surface area contributed by atoms with Gasteiger partial charge in [-0.25, -0.2) is 4.79 Å². The molecule has 1 saturated heterocycles. The van der Waals surface area contributed by atoms with Crippen molar-refractivity contribution < 1.29 is 19.1 Å². The van der Waals surface area contributed by atoms with Gasteiger partial charge in [-0.1, -0.05) is 6.92 Å². The van der Waals surface area contributed by atoms with Crippen LogP contribution in [0.25, 0.3) is 0 Å². The second-order valence-corrected chi connectivity index (χ2v) is 6.54. The van der Waals surface area contributed by atoms with Crippen molar-refractivity contribution >= 4 is 11.9 Å². The highest BCUT2D eigenvalue weighted by Gasteiger charge is 2.36. The number of methoxy groups -OCH3 is 1. The Morgan fingerprint density at radius 2 is 2.00 bits per heavy atom. The van der Waals surface area contributed by atoms with E-state index in [1.54, 1.807) is 12.0 Å². The topological polar surface area (TPSA) is 55.8 Å². The molecular weight excluding hydrogens is 258 g/mol. The molecule has 1 rings (SSSR count). The monoisotopic (exact) mass is 285 g/mol. The molecule has 0 radical (unpaired) electrons. The number of hydrogen-bond acceptors (Lipinski definition) is 4. The summed E-state index contributed by atoms with van der Waals surface area (Å²) in [4.78, 5) is 26.1. The van der Waals surface area contributed by atoms with Gasteiger partial charge >= 0.3 is 5.97 Å². The van der Waals surface area contributed by atoms with Crippen LogP contribution in [0.1, 0.15) is 47.0 Å². The van der Waals surface area contributed by atoms with Crippen molar-refractivity contribution in [1.29, 1.82) is 0 Å². The molecule has 0 aromatic carbocycles. The third-order valence-electron chi connectivity index (χ3n) is 3.23. The number of carbonyl (C=O) groups is 2. The van der Waals surface area contributed by atoms with Gasteiger partial charge in [0, 0.05) is 26.7 Å². The number of likely N-dealkylation sites (tertiary alicyclic amines) is 1. The van der Waals surface area contributed by atoms with Gasteiger partial charge in [-0.15, -0.1) is 0 Å². The Hall–Kier alpha value is -1.10. The highest BCUT2D eigenvalue weighted by molar-refractivity contribution is 5.85. The molecule has 0 spiro atoms. The van der Waals surface area contributed by atoms with Crippen molar-refractivity contribution in [2.24, 2.45) is 5.92 Å². The van der Waals surface area contributed by atoms with E-state index < -0.39 is 11.6 Å². The van der Waals surface area contributed by atoms with Crippen molar-refractivity contribution in [2.45, 2.75) is 58.6 Å². The van der Waals surface area contributed by atoms with Gasteiger partial charge < -0.3 is 14.4 Å². The molecule has 0 aliphatic carbocycles. The number of carbonyl (C=O) groups excluding carboxylic acids is 2. The molecule has 5 heteroatoms. The smallest absolute Gasteiger partial charge is 0.329 e. The fraction of sp³-hybridized carbons (Fsp3) is 0.867. The predicted octanol–water partition coefficient (Wildman–Crippen LogP) is 1.99. The second-order valence-electron chi connectivity index (χ2n) is 6.54. The minimum absolute atomic E-state index is 0.0166. The number of ether oxygens (including phenoxy) is 2. The van der Waals surface area contributed by atoms with Crippen LogP contribution in [-0.2, 0) is 19.1 Å². The molecule has 1 unspecified atom stereocenters. The van der Waals surface area contributed by atoms with Crippen molar-refractivity contribution in [3.05, 3.63) is 0 Å². The average molecular weight is 285 g/mol. The summed E-state index contributed by atoms with van der Waals surface area (Å²) in [5.74, 6) is -0.113. The Bertz CT molecular complexity index is 348. The van der Waals surface area contributed by atoms with E-state index >= 15 is 0 Å². The van der Waals surface area contributed by atoms with Crippen molar-refractivity contribution in [3.8, 4) is 0 Å². The van der Waals surface area contributed by atoms with E-state index in [4.69, 9.17) is 9.47 Å². The maximum absolute atomic E-state index is 12.3. The maximum Gasteiger partial charge on any atom is 0.329 e. The van der Waals surface area contributed by atoms with E-state index in [1.165, 1.54) is 0 Å². The lowest BCUT2D eigenvalue weighted by molar-refractivity contribution is -0.163. The van der Waals surface area contributed by atoms with Gasteiger partial charge in [-0.05, 0) is 39.5 Å². The zero-order valence-corrected chi connectivity index (χ0v) is 13.3. The van der Waals surface area contributed by atoms with Crippen LogP contribution in [-0.4, -0.2) is 48.7 Å². The molecule has 5 nitrogen and oxygen atoms in total. The van der Waals surface area contributed by atoms with Crippen LogP contribution in [0.3, 0.4) is 0 Å². The highest BCUT2D eigenvalue weighted by Crippen LogP contribution is 2.22. The molecule has 1 aliphatic rings. The van der Waals surface area contributed by atoms with Crippen LogP contribution in [0.15, 0.2) is 0 Å². The minimum atomic E-state index is -0.516. The van der Waals surface area contributed by atoms with E-state index in [-0.39, 0.29) is 17.8 Å². The Balaban J connectivity index is 2.60. The second kappa shape index (κ2) is 7.07. The summed E-state index contributed by atoms with van der Waals surface area (Å²) in [5, 5.41) is 0. The summed E-state index contributed by atoms with van der Waals surface area (Å²) in [6, 6.07) is -0.420. The standard InChI is InChI=1S/C15H27NO4/c1-11(10-19-5)9-13(17)16-8-6-7-12(16)14(18)20-15(2,3)4/h11-12H,6-10H2,1-5H3/t11?,12-/m1/s1. The van der Waals surface area contributed by atoms with Gasteiger partial charge in [-0.3, -0.25) is 4.79 Å². The van der Waals surface area contributed by atoms with E-state index in [9.17, 15) is 9.59 Å². The molecule has 116 valence electrons. The molecule has 20 heavy (non-hydrogen) atoms. The highest BCUT2D eigenvalue weighted by atomic mass is 16.6. The predicted molar refractivity (Wildman–Crippen MR) is 76.2 cm³/mol. The lowest BCUT2D eigenvalue weighted by Gasteiger charge is -2.28. The summed E-state index contributed by atoms with van der Waals surface area (Å²) >= 11 is 0.